The average molecular weight is 200 g/mol. The molecule has 1 N–H and O–H groups in total. The Labute approximate surface area is 83.5 Å². The van der Waals surface area contributed by atoms with Crippen LogP contribution < -0.4 is 0 Å². The maximum absolute atomic E-state index is 10.7. The second kappa shape index (κ2) is 4.11. The van der Waals surface area contributed by atoms with Gasteiger partial charge in [-0.3, -0.25) is 0 Å². The van der Waals surface area contributed by atoms with Crippen LogP contribution in [0.5, 0.6) is 0 Å². The molecule has 4 nitrogen and oxygen atoms in total. The van der Waals surface area contributed by atoms with Gasteiger partial charge in [-0.2, -0.15) is 0 Å². The molecular weight excluding hydrogens is 184 g/mol. The highest BCUT2D eigenvalue weighted by Gasteiger charge is 2.31. The van der Waals surface area contributed by atoms with Crippen molar-refractivity contribution in [3.63, 3.8) is 0 Å². The van der Waals surface area contributed by atoms with E-state index >= 15 is 0 Å². The lowest BCUT2D eigenvalue weighted by molar-refractivity contribution is -0.135. The Balaban J connectivity index is 2.64. The van der Waals surface area contributed by atoms with Gasteiger partial charge in [-0.15, -0.1) is 0 Å². The zero-order valence-corrected chi connectivity index (χ0v) is 8.74. The highest BCUT2D eigenvalue weighted by Crippen LogP contribution is 2.23. The fraction of sp³-hybridized carbons (Fsp3) is 0.700. The molecule has 1 rings (SSSR count). The minimum atomic E-state index is -0.888. The van der Waals surface area contributed by atoms with Gasteiger partial charge in [0.15, 0.2) is 5.79 Å². The standard InChI is InChI=1S/C10H16O4/c1-4-7(9(11)12)5-8-6-13-10(2,3)14-8/h5,8H,4,6H2,1-3H3,(H,11,12)/t8-/m0/s1. The third kappa shape index (κ3) is 2.82. The largest absolute Gasteiger partial charge is 0.478 e. The maximum Gasteiger partial charge on any atom is 0.331 e. The summed E-state index contributed by atoms with van der Waals surface area (Å²) < 4.78 is 10.8. The number of carbonyl (C=O) groups is 1. The van der Waals surface area contributed by atoms with E-state index in [4.69, 9.17) is 14.6 Å². The van der Waals surface area contributed by atoms with Gasteiger partial charge in [0.05, 0.1) is 6.61 Å². The van der Waals surface area contributed by atoms with E-state index in [0.717, 1.165) is 0 Å². The van der Waals surface area contributed by atoms with Gasteiger partial charge < -0.3 is 14.6 Å². The van der Waals surface area contributed by atoms with Crippen LogP contribution in [-0.4, -0.2) is 29.6 Å². The number of rotatable bonds is 3. The molecule has 1 atom stereocenters. The number of ether oxygens (including phenoxy) is 2. The molecule has 0 aromatic carbocycles. The van der Waals surface area contributed by atoms with Gasteiger partial charge in [0, 0.05) is 5.57 Å². The first-order valence-corrected chi connectivity index (χ1v) is 4.70. The summed E-state index contributed by atoms with van der Waals surface area (Å²) in [4.78, 5) is 10.7. The highest BCUT2D eigenvalue weighted by molar-refractivity contribution is 5.86. The molecular formula is C10H16O4. The van der Waals surface area contributed by atoms with Gasteiger partial charge >= 0.3 is 5.97 Å². The van der Waals surface area contributed by atoms with Crippen molar-refractivity contribution in [2.24, 2.45) is 0 Å². The summed E-state index contributed by atoms with van der Waals surface area (Å²) in [6.45, 7) is 5.85. The van der Waals surface area contributed by atoms with Crippen LogP contribution in [0.4, 0.5) is 0 Å². The normalized spacial score (nSPS) is 26.5. The molecule has 1 heterocycles. The van der Waals surface area contributed by atoms with Crippen LogP contribution in [0.1, 0.15) is 27.2 Å². The number of aliphatic carboxylic acids is 1. The van der Waals surface area contributed by atoms with Crippen molar-refractivity contribution in [2.75, 3.05) is 6.61 Å². The fourth-order valence-corrected chi connectivity index (χ4v) is 1.36. The summed E-state index contributed by atoms with van der Waals surface area (Å²) in [5.74, 6) is -1.49. The smallest absolute Gasteiger partial charge is 0.331 e. The summed E-state index contributed by atoms with van der Waals surface area (Å²) in [5, 5.41) is 8.80. The molecule has 1 fully saturated rings. The van der Waals surface area contributed by atoms with Crippen LogP contribution in [0.25, 0.3) is 0 Å². The van der Waals surface area contributed by atoms with E-state index in [1.807, 2.05) is 13.8 Å². The summed E-state index contributed by atoms with van der Waals surface area (Å²) >= 11 is 0. The lowest BCUT2D eigenvalue weighted by atomic mass is 10.1. The molecule has 0 amide bonds. The van der Waals surface area contributed by atoms with Crippen molar-refractivity contribution in [2.45, 2.75) is 39.1 Å². The highest BCUT2D eigenvalue weighted by atomic mass is 16.7. The van der Waals surface area contributed by atoms with Gasteiger partial charge in [-0.25, -0.2) is 4.79 Å². The lowest BCUT2D eigenvalue weighted by Gasteiger charge is -2.15. The zero-order valence-electron chi connectivity index (χ0n) is 8.74. The summed E-state index contributed by atoms with van der Waals surface area (Å²) in [7, 11) is 0. The van der Waals surface area contributed by atoms with E-state index < -0.39 is 11.8 Å². The Hall–Kier alpha value is -0.870. The predicted octanol–water partition coefficient (Wildman–Crippen LogP) is 1.56. The van der Waals surface area contributed by atoms with Gasteiger partial charge in [-0.1, -0.05) is 6.92 Å². The minimum absolute atomic E-state index is 0.240. The molecule has 14 heavy (non-hydrogen) atoms. The molecule has 0 spiro atoms. The first kappa shape index (κ1) is 11.2. The van der Waals surface area contributed by atoms with Crippen LogP contribution in [0.2, 0.25) is 0 Å². The average Bonchev–Trinajstić information content (AvgIpc) is 2.41. The Morgan fingerprint density at radius 1 is 1.64 bits per heavy atom. The van der Waals surface area contributed by atoms with E-state index in [0.29, 0.717) is 18.6 Å². The summed E-state index contributed by atoms with van der Waals surface area (Å²) in [6.07, 6.45) is 1.88. The lowest BCUT2D eigenvalue weighted by Crippen LogP contribution is -2.21. The molecule has 1 saturated heterocycles. The van der Waals surface area contributed by atoms with Gasteiger partial charge in [-0.05, 0) is 26.3 Å². The third-order valence-electron chi connectivity index (χ3n) is 2.07. The SMILES string of the molecule is CCC(=C[C@H]1COC(C)(C)O1)C(=O)O. The molecule has 0 radical (unpaired) electrons. The van der Waals surface area contributed by atoms with Crippen molar-refractivity contribution in [1.82, 2.24) is 0 Å². The molecule has 0 aliphatic carbocycles. The van der Waals surface area contributed by atoms with Crippen LogP contribution in [0.15, 0.2) is 11.6 Å². The number of carboxylic acids is 1. The van der Waals surface area contributed by atoms with Crippen molar-refractivity contribution < 1.29 is 19.4 Å². The van der Waals surface area contributed by atoms with Crippen molar-refractivity contribution in [3.8, 4) is 0 Å². The monoisotopic (exact) mass is 200 g/mol. The Morgan fingerprint density at radius 2 is 2.29 bits per heavy atom. The zero-order chi connectivity index (χ0) is 10.8. The predicted molar refractivity (Wildman–Crippen MR) is 50.9 cm³/mol. The molecule has 4 heteroatoms. The second-order valence-electron chi connectivity index (χ2n) is 3.72. The Bertz CT molecular complexity index is 255. The van der Waals surface area contributed by atoms with Crippen molar-refractivity contribution in [3.05, 3.63) is 11.6 Å². The maximum atomic E-state index is 10.7. The van der Waals surface area contributed by atoms with E-state index in [-0.39, 0.29) is 6.10 Å². The topological polar surface area (TPSA) is 55.8 Å². The van der Waals surface area contributed by atoms with E-state index in [1.165, 1.54) is 0 Å². The number of carboxylic acid groups (broad SMARTS) is 1. The quantitative estimate of drug-likeness (QED) is 0.702. The minimum Gasteiger partial charge on any atom is -0.478 e. The van der Waals surface area contributed by atoms with Gasteiger partial charge in [0.1, 0.15) is 6.10 Å². The van der Waals surface area contributed by atoms with Crippen LogP contribution in [0.3, 0.4) is 0 Å². The summed E-state index contributed by atoms with van der Waals surface area (Å²) in [5.41, 5.74) is 0.372. The molecule has 0 unspecified atom stereocenters. The van der Waals surface area contributed by atoms with Crippen LogP contribution in [0, 0.1) is 0 Å². The Morgan fingerprint density at radius 3 is 2.64 bits per heavy atom. The molecule has 1 aliphatic rings. The number of hydrogen-bond acceptors (Lipinski definition) is 3. The number of hydrogen-bond donors (Lipinski definition) is 1. The molecule has 0 aromatic rings. The second-order valence-corrected chi connectivity index (χ2v) is 3.72. The molecule has 80 valence electrons. The molecule has 1 aliphatic heterocycles. The van der Waals surface area contributed by atoms with E-state index in [2.05, 4.69) is 0 Å². The van der Waals surface area contributed by atoms with Crippen LogP contribution >= 0.6 is 0 Å². The fourth-order valence-electron chi connectivity index (χ4n) is 1.36. The van der Waals surface area contributed by atoms with Gasteiger partial charge in [0.2, 0.25) is 0 Å². The van der Waals surface area contributed by atoms with Gasteiger partial charge in [0.25, 0.3) is 0 Å². The molecule has 0 saturated carbocycles. The molecule has 0 bridgehead atoms. The third-order valence-corrected chi connectivity index (χ3v) is 2.07. The van der Waals surface area contributed by atoms with Crippen LogP contribution in [-0.2, 0) is 14.3 Å². The first-order chi connectivity index (χ1) is 6.44. The van der Waals surface area contributed by atoms with Crippen molar-refractivity contribution >= 4 is 5.97 Å². The van der Waals surface area contributed by atoms with E-state index in [1.54, 1.807) is 13.0 Å². The Kier molecular flexibility index (Phi) is 3.29. The summed E-state index contributed by atoms with van der Waals surface area (Å²) in [6, 6.07) is 0. The van der Waals surface area contributed by atoms with E-state index in [9.17, 15) is 4.79 Å². The van der Waals surface area contributed by atoms with Crippen molar-refractivity contribution in [1.29, 1.82) is 0 Å². The molecule has 0 aromatic heterocycles. The first-order valence-electron chi connectivity index (χ1n) is 4.70.